The van der Waals surface area contributed by atoms with Crippen molar-refractivity contribution in [3.05, 3.63) is 82.6 Å². The predicted octanol–water partition coefficient (Wildman–Crippen LogP) is 4.41. The normalized spacial score (nSPS) is 13.8. The molecule has 0 aliphatic carbocycles. The van der Waals surface area contributed by atoms with Crippen molar-refractivity contribution in [3.8, 4) is 22.6 Å². The van der Waals surface area contributed by atoms with Gasteiger partial charge in [0.15, 0.2) is 0 Å². The summed E-state index contributed by atoms with van der Waals surface area (Å²) in [5.74, 6) is 2.23. The summed E-state index contributed by atoms with van der Waals surface area (Å²) in [5.41, 5.74) is 2.50. The summed E-state index contributed by atoms with van der Waals surface area (Å²) >= 11 is 0. The number of furan rings is 1. The second-order valence-electron chi connectivity index (χ2n) is 6.94. The van der Waals surface area contributed by atoms with Gasteiger partial charge >= 0.3 is 0 Å². The van der Waals surface area contributed by atoms with E-state index in [1.807, 2.05) is 42.5 Å². The average Bonchev–Trinajstić information content (AvgIpc) is 3.27. The molecule has 4 aromatic rings. The summed E-state index contributed by atoms with van der Waals surface area (Å²) < 4.78 is 22.7. The molecule has 0 saturated carbocycles. The highest BCUT2D eigenvalue weighted by molar-refractivity contribution is 5.86. The molecule has 0 unspecified atom stereocenters. The molecule has 2 aromatic carbocycles. The molecule has 2 aromatic heterocycles. The number of hydrogen-bond donors (Lipinski definition) is 0. The van der Waals surface area contributed by atoms with Crippen LogP contribution in [0.4, 0.5) is 0 Å². The van der Waals surface area contributed by atoms with Crippen molar-refractivity contribution in [2.75, 3.05) is 13.8 Å². The Morgan fingerprint density at radius 1 is 1.03 bits per heavy atom. The molecule has 5 rings (SSSR count). The van der Waals surface area contributed by atoms with Gasteiger partial charge in [0.25, 0.3) is 0 Å². The molecule has 6 heteroatoms. The number of hydrogen-bond acceptors (Lipinski definition) is 6. The summed E-state index contributed by atoms with van der Waals surface area (Å²) in [4.78, 5) is 15.3. The second-order valence-corrected chi connectivity index (χ2v) is 6.94. The van der Waals surface area contributed by atoms with Crippen LogP contribution >= 0.6 is 0 Å². The number of ether oxygens (including phenoxy) is 2. The van der Waals surface area contributed by atoms with Crippen LogP contribution in [0.2, 0.25) is 0 Å². The highest BCUT2D eigenvalue weighted by Crippen LogP contribution is 2.34. The molecule has 0 radical (unpaired) electrons. The standard InChI is InChI=1S/C23H19NO5/c1-26-20-7-3-2-6-16(20)19-13-28-23-17(22(19)25)8-9-21-18(23)12-24(14-29-21)11-15-5-4-10-27-15/h2-10,13H,11-12,14H2,1H3. The van der Waals surface area contributed by atoms with Crippen LogP contribution in [0.15, 0.2) is 74.7 Å². The van der Waals surface area contributed by atoms with E-state index in [2.05, 4.69) is 4.90 Å². The SMILES string of the molecule is COc1ccccc1-c1coc2c3c(ccc2c1=O)OCN(Cc1ccco1)C3. The molecule has 29 heavy (non-hydrogen) atoms. The lowest BCUT2D eigenvalue weighted by Gasteiger charge is -2.28. The Balaban J connectivity index is 1.57. The largest absolute Gasteiger partial charge is 0.496 e. The molecular formula is C23H19NO5. The van der Waals surface area contributed by atoms with Gasteiger partial charge in [0, 0.05) is 12.1 Å². The van der Waals surface area contributed by atoms with Crippen molar-refractivity contribution >= 4 is 11.0 Å². The van der Waals surface area contributed by atoms with E-state index < -0.39 is 0 Å². The first kappa shape index (κ1) is 17.6. The molecule has 3 heterocycles. The maximum absolute atomic E-state index is 13.2. The van der Waals surface area contributed by atoms with Crippen LogP contribution in [-0.4, -0.2) is 18.7 Å². The zero-order valence-electron chi connectivity index (χ0n) is 15.9. The number of nitrogens with zero attached hydrogens (tertiary/aromatic N) is 1. The highest BCUT2D eigenvalue weighted by Gasteiger charge is 2.23. The number of methoxy groups -OCH3 is 1. The molecular weight excluding hydrogens is 370 g/mol. The van der Waals surface area contributed by atoms with E-state index in [0.29, 0.717) is 47.7 Å². The molecule has 146 valence electrons. The van der Waals surface area contributed by atoms with E-state index in [9.17, 15) is 4.79 Å². The van der Waals surface area contributed by atoms with Gasteiger partial charge in [-0.3, -0.25) is 9.69 Å². The summed E-state index contributed by atoms with van der Waals surface area (Å²) in [7, 11) is 1.59. The van der Waals surface area contributed by atoms with E-state index in [-0.39, 0.29) is 5.43 Å². The van der Waals surface area contributed by atoms with Crippen molar-refractivity contribution < 1.29 is 18.3 Å². The van der Waals surface area contributed by atoms with Gasteiger partial charge in [0.1, 0.15) is 35.8 Å². The van der Waals surface area contributed by atoms with E-state index in [1.54, 1.807) is 19.4 Å². The lowest BCUT2D eigenvalue weighted by Crippen LogP contribution is -2.31. The Hall–Kier alpha value is -3.51. The van der Waals surface area contributed by atoms with Crippen LogP contribution in [-0.2, 0) is 13.1 Å². The van der Waals surface area contributed by atoms with Crippen LogP contribution in [0.1, 0.15) is 11.3 Å². The zero-order valence-corrected chi connectivity index (χ0v) is 15.9. The third kappa shape index (κ3) is 3.07. The van der Waals surface area contributed by atoms with Gasteiger partial charge in [0.2, 0.25) is 5.43 Å². The van der Waals surface area contributed by atoms with Gasteiger partial charge < -0.3 is 18.3 Å². The highest BCUT2D eigenvalue weighted by atomic mass is 16.5. The summed E-state index contributed by atoms with van der Waals surface area (Å²) in [6, 6.07) is 14.8. The molecule has 0 spiro atoms. The van der Waals surface area contributed by atoms with Gasteiger partial charge in [-0.15, -0.1) is 0 Å². The fraction of sp³-hybridized carbons (Fsp3) is 0.174. The van der Waals surface area contributed by atoms with Crippen LogP contribution in [0.25, 0.3) is 22.1 Å². The molecule has 0 N–H and O–H groups in total. The third-order valence-electron chi connectivity index (χ3n) is 5.14. The van der Waals surface area contributed by atoms with Crippen molar-refractivity contribution in [1.82, 2.24) is 4.90 Å². The van der Waals surface area contributed by atoms with Crippen LogP contribution in [0.5, 0.6) is 11.5 Å². The number of rotatable bonds is 4. The third-order valence-corrected chi connectivity index (χ3v) is 5.14. The van der Waals surface area contributed by atoms with Crippen LogP contribution in [0, 0.1) is 0 Å². The number of fused-ring (bicyclic) bond motifs is 3. The molecule has 0 saturated heterocycles. The Labute approximate surface area is 166 Å². The number of para-hydroxylation sites is 1. The average molecular weight is 389 g/mol. The minimum atomic E-state index is -0.0956. The Morgan fingerprint density at radius 3 is 2.76 bits per heavy atom. The van der Waals surface area contributed by atoms with Gasteiger partial charge in [-0.1, -0.05) is 18.2 Å². The lowest BCUT2D eigenvalue weighted by atomic mass is 10.0. The Kier molecular flexibility index (Phi) is 4.33. The van der Waals surface area contributed by atoms with Crippen LogP contribution < -0.4 is 14.9 Å². The van der Waals surface area contributed by atoms with Gasteiger partial charge in [-0.2, -0.15) is 0 Å². The van der Waals surface area contributed by atoms with E-state index in [1.165, 1.54) is 6.26 Å². The van der Waals surface area contributed by atoms with Gasteiger partial charge in [-0.05, 0) is 30.3 Å². The first-order valence-electron chi connectivity index (χ1n) is 9.33. The van der Waals surface area contributed by atoms with E-state index in [0.717, 1.165) is 17.1 Å². The minimum absolute atomic E-state index is 0.0956. The Bertz CT molecular complexity index is 1230. The molecule has 0 bridgehead atoms. The summed E-state index contributed by atoms with van der Waals surface area (Å²) in [6.07, 6.45) is 3.16. The summed E-state index contributed by atoms with van der Waals surface area (Å²) in [5, 5.41) is 0.524. The van der Waals surface area contributed by atoms with Gasteiger partial charge in [-0.25, -0.2) is 0 Å². The molecule has 6 nitrogen and oxygen atoms in total. The van der Waals surface area contributed by atoms with Crippen molar-refractivity contribution in [1.29, 1.82) is 0 Å². The first-order valence-corrected chi connectivity index (χ1v) is 9.33. The maximum Gasteiger partial charge on any atom is 0.200 e. The molecule has 0 amide bonds. The number of benzene rings is 2. The molecule has 1 aliphatic rings. The first-order chi connectivity index (χ1) is 14.2. The monoisotopic (exact) mass is 389 g/mol. The van der Waals surface area contributed by atoms with Crippen molar-refractivity contribution in [3.63, 3.8) is 0 Å². The molecule has 0 atom stereocenters. The zero-order chi connectivity index (χ0) is 19.8. The second kappa shape index (κ2) is 7.14. The predicted molar refractivity (Wildman–Crippen MR) is 108 cm³/mol. The Morgan fingerprint density at radius 2 is 1.93 bits per heavy atom. The van der Waals surface area contributed by atoms with E-state index in [4.69, 9.17) is 18.3 Å². The fourth-order valence-corrected chi connectivity index (χ4v) is 3.73. The topological polar surface area (TPSA) is 65.1 Å². The molecule has 0 fully saturated rings. The smallest absolute Gasteiger partial charge is 0.200 e. The quantitative estimate of drug-likeness (QED) is 0.515. The molecule has 1 aliphatic heterocycles. The minimum Gasteiger partial charge on any atom is -0.496 e. The fourth-order valence-electron chi connectivity index (χ4n) is 3.73. The van der Waals surface area contributed by atoms with Crippen molar-refractivity contribution in [2.24, 2.45) is 0 Å². The maximum atomic E-state index is 13.2. The summed E-state index contributed by atoms with van der Waals surface area (Å²) in [6.45, 7) is 1.67. The van der Waals surface area contributed by atoms with E-state index >= 15 is 0 Å². The lowest BCUT2D eigenvalue weighted by molar-refractivity contribution is 0.0826. The van der Waals surface area contributed by atoms with Crippen LogP contribution in [0.3, 0.4) is 0 Å². The van der Waals surface area contributed by atoms with Crippen molar-refractivity contribution in [2.45, 2.75) is 13.1 Å². The van der Waals surface area contributed by atoms with Gasteiger partial charge in [0.05, 0.1) is 36.4 Å².